The molecule has 32 heavy (non-hydrogen) atoms. The monoisotopic (exact) mass is 444 g/mol. The van der Waals surface area contributed by atoms with E-state index < -0.39 is 0 Å². The van der Waals surface area contributed by atoms with Gasteiger partial charge in [-0.1, -0.05) is 6.07 Å². The number of aromatic nitrogens is 1. The van der Waals surface area contributed by atoms with Gasteiger partial charge in [-0.2, -0.15) is 0 Å². The van der Waals surface area contributed by atoms with Gasteiger partial charge in [-0.25, -0.2) is 9.98 Å². The normalized spacial score (nSPS) is 25.2. The third kappa shape index (κ3) is 5.50. The third-order valence-corrected chi connectivity index (χ3v) is 6.57. The minimum absolute atomic E-state index is 0.0325. The number of nitrogens with zero attached hydrogens (tertiary/aromatic N) is 4. The van der Waals surface area contributed by atoms with Crippen LogP contribution in [-0.2, 0) is 20.8 Å². The molecule has 0 spiro atoms. The van der Waals surface area contributed by atoms with Crippen molar-refractivity contribution in [3.8, 4) is 0 Å². The number of morpholine rings is 1. The number of anilines is 1. The van der Waals surface area contributed by atoms with E-state index in [2.05, 4.69) is 33.1 Å². The number of aliphatic imine (C=N–C) groups is 1. The first kappa shape index (κ1) is 22.8. The van der Waals surface area contributed by atoms with Crippen LogP contribution in [-0.4, -0.2) is 79.9 Å². The number of amides is 1. The van der Waals surface area contributed by atoms with Crippen LogP contribution in [0.5, 0.6) is 0 Å². The van der Waals surface area contributed by atoms with Gasteiger partial charge in [0.25, 0.3) is 0 Å². The topological polar surface area (TPSA) is 105 Å². The molecule has 9 heteroatoms. The van der Waals surface area contributed by atoms with Gasteiger partial charge in [0, 0.05) is 57.0 Å². The second kappa shape index (κ2) is 11.0. The molecule has 3 fully saturated rings. The molecule has 176 valence electrons. The van der Waals surface area contributed by atoms with Crippen molar-refractivity contribution < 1.29 is 14.3 Å². The first-order valence-electron chi connectivity index (χ1n) is 11.9. The van der Waals surface area contributed by atoms with E-state index in [1.807, 2.05) is 12.3 Å². The fourth-order valence-electron chi connectivity index (χ4n) is 4.79. The Morgan fingerprint density at radius 1 is 1.22 bits per heavy atom. The first-order chi connectivity index (χ1) is 15.7. The Morgan fingerprint density at radius 2 is 2.03 bits per heavy atom. The summed E-state index contributed by atoms with van der Waals surface area (Å²) in [6.07, 6.45) is 5.83. The Hall–Kier alpha value is -2.39. The van der Waals surface area contributed by atoms with Gasteiger partial charge in [-0.3, -0.25) is 4.79 Å². The van der Waals surface area contributed by atoms with Gasteiger partial charge in [-0.05, 0) is 38.7 Å². The summed E-state index contributed by atoms with van der Waals surface area (Å²) in [7, 11) is 0. The summed E-state index contributed by atoms with van der Waals surface area (Å²) in [4.78, 5) is 25.6. The van der Waals surface area contributed by atoms with Crippen molar-refractivity contribution in [1.29, 1.82) is 0 Å². The van der Waals surface area contributed by atoms with E-state index in [0.717, 1.165) is 82.4 Å². The lowest BCUT2D eigenvalue weighted by atomic mass is 9.96. The van der Waals surface area contributed by atoms with Crippen molar-refractivity contribution in [2.75, 3.05) is 50.8 Å². The van der Waals surface area contributed by atoms with Crippen molar-refractivity contribution in [3.05, 3.63) is 23.9 Å². The van der Waals surface area contributed by atoms with Crippen LogP contribution in [0, 0.1) is 5.92 Å². The number of carbonyl (C=O) groups is 1. The lowest BCUT2D eigenvalue weighted by Gasteiger charge is -2.37. The quantitative estimate of drug-likeness (QED) is 0.500. The number of nitrogens with one attached hydrogen (secondary N) is 1. The van der Waals surface area contributed by atoms with Crippen LogP contribution in [0.25, 0.3) is 0 Å². The predicted octanol–water partition coefficient (Wildman–Crippen LogP) is 1.13. The zero-order valence-corrected chi connectivity index (χ0v) is 19.0. The lowest BCUT2D eigenvalue weighted by Crippen LogP contribution is -2.53. The standard InChI is InChI=1S/C23H36N6O3/c1-2-25-23(29-12-14-32-20(16-29)19-6-4-13-31-19)27-15-18-5-3-9-26-22(18)28-10-7-17(8-11-28)21(24)30/h3,5,9,17,19-20H,2,4,6-8,10-16H2,1H3,(H2,24,30)(H,25,27). The number of primary amides is 1. The van der Waals surface area contributed by atoms with Crippen molar-refractivity contribution in [1.82, 2.24) is 15.2 Å². The molecular weight excluding hydrogens is 408 g/mol. The van der Waals surface area contributed by atoms with Gasteiger partial charge in [0.15, 0.2) is 5.96 Å². The Kier molecular flexibility index (Phi) is 7.81. The molecule has 2 unspecified atom stereocenters. The minimum Gasteiger partial charge on any atom is -0.375 e. The molecule has 4 rings (SSSR count). The average molecular weight is 445 g/mol. The number of piperidine rings is 1. The lowest BCUT2D eigenvalue weighted by molar-refractivity contribution is -0.122. The average Bonchev–Trinajstić information content (AvgIpc) is 3.37. The van der Waals surface area contributed by atoms with Crippen LogP contribution in [0.3, 0.4) is 0 Å². The molecule has 1 aromatic rings. The highest BCUT2D eigenvalue weighted by Crippen LogP contribution is 2.25. The Balaban J connectivity index is 1.44. The molecule has 3 saturated heterocycles. The van der Waals surface area contributed by atoms with E-state index in [4.69, 9.17) is 20.2 Å². The number of hydrogen-bond donors (Lipinski definition) is 2. The Labute approximate surface area is 190 Å². The molecule has 0 aromatic carbocycles. The largest absolute Gasteiger partial charge is 0.375 e. The molecular formula is C23H36N6O3. The summed E-state index contributed by atoms with van der Waals surface area (Å²) < 4.78 is 11.9. The molecule has 4 heterocycles. The van der Waals surface area contributed by atoms with Gasteiger partial charge in [0.2, 0.25) is 5.91 Å². The summed E-state index contributed by atoms with van der Waals surface area (Å²) in [5.74, 6) is 1.63. The molecule has 0 saturated carbocycles. The third-order valence-electron chi connectivity index (χ3n) is 6.57. The zero-order chi connectivity index (χ0) is 22.3. The number of carbonyl (C=O) groups excluding carboxylic acids is 1. The minimum atomic E-state index is -0.197. The second-order valence-electron chi connectivity index (χ2n) is 8.73. The van der Waals surface area contributed by atoms with E-state index in [1.165, 1.54) is 0 Å². The van der Waals surface area contributed by atoms with E-state index in [1.54, 1.807) is 0 Å². The number of pyridine rings is 1. The molecule has 0 aliphatic carbocycles. The summed E-state index contributed by atoms with van der Waals surface area (Å²) in [5, 5.41) is 3.45. The van der Waals surface area contributed by atoms with Crippen molar-refractivity contribution in [2.45, 2.75) is 51.4 Å². The molecule has 3 N–H and O–H groups in total. The smallest absolute Gasteiger partial charge is 0.220 e. The first-order valence-corrected chi connectivity index (χ1v) is 11.9. The van der Waals surface area contributed by atoms with E-state index in [-0.39, 0.29) is 24.0 Å². The maximum Gasteiger partial charge on any atom is 0.220 e. The number of guanidine groups is 1. The SMILES string of the molecule is CCNC(=NCc1cccnc1N1CCC(C(N)=O)CC1)N1CCOC(C2CCCO2)C1. The summed E-state index contributed by atoms with van der Waals surface area (Å²) in [6.45, 7) is 8.13. The van der Waals surface area contributed by atoms with Crippen molar-refractivity contribution >= 4 is 17.7 Å². The van der Waals surface area contributed by atoms with Gasteiger partial charge >= 0.3 is 0 Å². The fraction of sp³-hybridized carbons (Fsp3) is 0.696. The highest BCUT2D eigenvalue weighted by Gasteiger charge is 2.32. The number of nitrogens with two attached hydrogens (primary N) is 1. The molecule has 0 bridgehead atoms. The fourth-order valence-corrected chi connectivity index (χ4v) is 4.79. The van der Waals surface area contributed by atoms with Crippen LogP contribution < -0.4 is 16.0 Å². The van der Waals surface area contributed by atoms with Gasteiger partial charge in [0.05, 0.1) is 19.3 Å². The molecule has 1 aromatic heterocycles. The highest BCUT2D eigenvalue weighted by molar-refractivity contribution is 5.80. The molecule has 9 nitrogen and oxygen atoms in total. The maximum atomic E-state index is 11.5. The maximum absolute atomic E-state index is 11.5. The number of hydrogen-bond acceptors (Lipinski definition) is 6. The van der Waals surface area contributed by atoms with Crippen molar-refractivity contribution in [3.63, 3.8) is 0 Å². The van der Waals surface area contributed by atoms with E-state index in [9.17, 15) is 4.79 Å². The number of ether oxygens (including phenoxy) is 2. The summed E-state index contributed by atoms with van der Waals surface area (Å²) >= 11 is 0. The summed E-state index contributed by atoms with van der Waals surface area (Å²) in [6, 6.07) is 4.05. The molecule has 0 radical (unpaired) electrons. The van der Waals surface area contributed by atoms with Gasteiger partial charge in [-0.15, -0.1) is 0 Å². The van der Waals surface area contributed by atoms with E-state index >= 15 is 0 Å². The van der Waals surface area contributed by atoms with Crippen LogP contribution in [0.1, 0.15) is 38.2 Å². The Bertz CT molecular complexity index is 790. The van der Waals surface area contributed by atoms with Crippen LogP contribution in [0.15, 0.2) is 23.3 Å². The van der Waals surface area contributed by atoms with Crippen molar-refractivity contribution in [2.24, 2.45) is 16.6 Å². The molecule has 2 atom stereocenters. The summed E-state index contributed by atoms with van der Waals surface area (Å²) in [5.41, 5.74) is 6.58. The molecule has 1 amide bonds. The van der Waals surface area contributed by atoms with Gasteiger partial charge in [0.1, 0.15) is 11.9 Å². The van der Waals surface area contributed by atoms with Crippen LogP contribution in [0.2, 0.25) is 0 Å². The van der Waals surface area contributed by atoms with Crippen LogP contribution >= 0.6 is 0 Å². The number of rotatable bonds is 6. The Morgan fingerprint density at radius 3 is 2.75 bits per heavy atom. The van der Waals surface area contributed by atoms with Crippen LogP contribution in [0.4, 0.5) is 5.82 Å². The zero-order valence-electron chi connectivity index (χ0n) is 19.0. The van der Waals surface area contributed by atoms with Gasteiger partial charge < -0.3 is 30.3 Å². The second-order valence-corrected chi connectivity index (χ2v) is 8.73. The highest BCUT2D eigenvalue weighted by atomic mass is 16.5. The molecule has 3 aliphatic heterocycles. The molecule has 3 aliphatic rings. The predicted molar refractivity (Wildman–Crippen MR) is 123 cm³/mol. The van der Waals surface area contributed by atoms with E-state index in [0.29, 0.717) is 13.2 Å².